The maximum Gasteiger partial charge on any atom is 0.397 e. The Kier molecular flexibility index (Phi) is 6.43. The Bertz CT molecular complexity index is 1000. The number of hydrogen-bond acceptors (Lipinski definition) is 8. The van der Waals surface area contributed by atoms with Gasteiger partial charge in [-0.1, -0.05) is 6.07 Å². The Morgan fingerprint density at radius 3 is 2.08 bits per heavy atom. The van der Waals surface area contributed by atoms with Crippen LogP contribution in [0.25, 0.3) is 11.1 Å². The minimum atomic E-state index is -4.62. The quantitative estimate of drug-likeness (QED) is 0.535. The highest BCUT2D eigenvalue weighted by atomic mass is 32.3. The summed E-state index contributed by atoms with van der Waals surface area (Å²) in [5, 5.41) is 35.9. The summed E-state index contributed by atoms with van der Waals surface area (Å²) in [4.78, 5) is 0. The first-order chi connectivity index (χ1) is 11.4. The van der Waals surface area contributed by atoms with E-state index in [0.717, 1.165) is 0 Å². The summed E-state index contributed by atoms with van der Waals surface area (Å²) in [5.74, 6) is -0.0208. The van der Waals surface area contributed by atoms with E-state index in [1.807, 2.05) is 0 Å². The number of benzene rings is 1. The van der Waals surface area contributed by atoms with Crippen molar-refractivity contribution in [1.82, 2.24) is 0 Å². The maximum atomic E-state index is 10.4. The Balaban J connectivity index is 3.37. The Morgan fingerprint density at radius 2 is 1.58 bits per heavy atom. The van der Waals surface area contributed by atoms with Gasteiger partial charge in [-0.05, 0) is 12.1 Å². The molecule has 0 atom stereocenters. The monoisotopic (exact) mass is 344 g/mol. The predicted octanol–water partition coefficient (Wildman–Crippen LogP) is -0.719. The van der Waals surface area contributed by atoms with E-state index in [1.165, 1.54) is 18.2 Å². The molecule has 0 bridgehead atoms. The minimum Gasteiger partial charge on any atom is -0.490 e. The standard InChI is InChI=1S/C14H8N4O5S/c15-6-11(7-16)10-1-2-13(12(8-17)9-18)14(5-10)22-3-4-23-24(19,20)21/h1-2,5H,3-4H2,(H,19,20,21). The van der Waals surface area contributed by atoms with Crippen molar-refractivity contribution in [3.63, 3.8) is 0 Å². The molecule has 0 aliphatic heterocycles. The summed E-state index contributed by atoms with van der Waals surface area (Å²) in [5.41, 5.74) is -0.487. The van der Waals surface area contributed by atoms with Crippen LogP contribution in [0.2, 0.25) is 0 Å². The van der Waals surface area contributed by atoms with Crippen molar-refractivity contribution in [3.05, 3.63) is 28.6 Å². The van der Waals surface area contributed by atoms with Gasteiger partial charge in [0.15, 0.2) is 0 Å². The fourth-order valence-electron chi connectivity index (χ4n) is 1.59. The molecule has 120 valence electrons. The van der Waals surface area contributed by atoms with Crippen LogP contribution in [0, 0.1) is 45.3 Å². The molecule has 9 nitrogen and oxygen atoms in total. The van der Waals surface area contributed by atoms with Crippen molar-refractivity contribution >= 4 is 21.5 Å². The number of rotatable bonds is 5. The Hall–Kier alpha value is -3.41. The molecule has 0 aromatic heterocycles. The second kappa shape index (κ2) is 8.28. The van der Waals surface area contributed by atoms with Gasteiger partial charge in [0, 0.05) is 10.4 Å². The molecule has 0 heterocycles. The normalized spacial score (nSPS) is 9.71. The molecule has 0 amide bonds. The Labute approximate surface area is 137 Å². The van der Waals surface area contributed by atoms with Gasteiger partial charge in [0.1, 0.15) is 54.4 Å². The van der Waals surface area contributed by atoms with Crippen LogP contribution in [0.15, 0.2) is 18.2 Å². The molecule has 24 heavy (non-hydrogen) atoms. The zero-order valence-electron chi connectivity index (χ0n) is 11.9. The summed E-state index contributed by atoms with van der Waals surface area (Å²) < 4.78 is 38.7. The molecule has 1 aromatic carbocycles. The lowest BCUT2D eigenvalue weighted by molar-refractivity contribution is 0.201. The molecule has 1 N–H and O–H groups in total. The largest absolute Gasteiger partial charge is 0.490 e. The van der Waals surface area contributed by atoms with Crippen LogP contribution in [0.3, 0.4) is 0 Å². The summed E-state index contributed by atoms with van der Waals surface area (Å²) in [6, 6.07) is 10.7. The number of nitriles is 4. The van der Waals surface area contributed by atoms with Crippen LogP contribution in [0.4, 0.5) is 0 Å². The number of ether oxygens (including phenoxy) is 1. The van der Waals surface area contributed by atoms with E-state index in [4.69, 9.17) is 30.3 Å². The molecule has 0 saturated carbocycles. The first kappa shape index (κ1) is 18.6. The topological polar surface area (TPSA) is 168 Å². The molecule has 10 heteroatoms. The highest BCUT2D eigenvalue weighted by Gasteiger charge is 2.07. The van der Waals surface area contributed by atoms with Gasteiger partial charge in [0.2, 0.25) is 0 Å². The molecule has 0 saturated heterocycles. The SMILES string of the molecule is N#CC(C#N)=c1ccc(=C(C#N)C#N)c(OCCOS(=O)(=O)O)c1. The zero-order chi connectivity index (χ0) is 18.2. The highest BCUT2D eigenvalue weighted by Crippen LogP contribution is 2.03. The van der Waals surface area contributed by atoms with Gasteiger partial charge >= 0.3 is 10.4 Å². The van der Waals surface area contributed by atoms with Gasteiger partial charge in [-0.3, -0.25) is 4.55 Å². The summed E-state index contributed by atoms with van der Waals surface area (Å²) in [6.45, 7) is -0.862. The van der Waals surface area contributed by atoms with Crippen LogP contribution in [-0.2, 0) is 14.6 Å². The van der Waals surface area contributed by atoms with E-state index in [9.17, 15) is 8.42 Å². The van der Waals surface area contributed by atoms with Crippen molar-refractivity contribution in [2.45, 2.75) is 0 Å². The van der Waals surface area contributed by atoms with Gasteiger partial charge in [-0.2, -0.15) is 29.5 Å². The zero-order valence-corrected chi connectivity index (χ0v) is 12.7. The lowest BCUT2D eigenvalue weighted by atomic mass is 10.1. The number of nitrogens with zero attached hydrogens (tertiary/aromatic N) is 4. The lowest BCUT2D eigenvalue weighted by Crippen LogP contribution is -2.19. The molecule has 0 fully saturated rings. The molecule has 0 aliphatic rings. The molecular weight excluding hydrogens is 336 g/mol. The van der Waals surface area contributed by atoms with E-state index in [2.05, 4.69) is 4.18 Å². The molecular formula is C14H8N4O5S. The summed E-state index contributed by atoms with van der Waals surface area (Å²) in [6.07, 6.45) is 0. The first-order valence-electron chi connectivity index (χ1n) is 6.10. The van der Waals surface area contributed by atoms with E-state index in [-0.39, 0.29) is 33.9 Å². The maximum absolute atomic E-state index is 10.4. The fraction of sp³-hybridized carbons (Fsp3) is 0.143. The van der Waals surface area contributed by atoms with Gasteiger partial charge in [0.05, 0.1) is 0 Å². The smallest absolute Gasteiger partial charge is 0.397 e. The summed E-state index contributed by atoms with van der Waals surface area (Å²) >= 11 is 0. The van der Waals surface area contributed by atoms with Crippen LogP contribution in [0.1, 0.15) is 0 Å². The van der Waals surface area contributed by atoms with Gasteiger partial charge in [-0.15, -0.1) is 0 Å². The van der Waals surface area contributed by atoms with E-state index in [0.29, 0.717) is 0 Å². The average Bonchev–Trinajstić information content (AvgIpc) is 2.54. The van der Waals surface area contributed by atoms with Crippen molar-refractivity contribution in [3.8, 4) is 30.0 Å². The molecule has 0 radical (unpaired) electrons. The minimum absolute atomic E-state index is 0.0208. The van der Waals surface area contributed by atoms with Gasteiger partial charge in [0.25, 0.3) is 0 Å². The van der Waals surface area contributed by atoms with Crippen LogP contribution < -0.4 is 15.2 Å². The summed E-state index contributed by atoms with van der Waals surface area (Å²) in [7, 11) is -4.62. The van der Waals surface area contributed by atoms with E-state index in [1.54, 1.807) is 24.3 Å². The second-order valence-corrected chi connectivity index (χ2v) is 5.10. The van der Waals surface area contributed by atoms with Crippen molar-refractivity contribution in [2.24, 2.45) is 0 Å². The molecule has 0 spiro atoms. The average molecular weight is 344 g/mol. The predicted molar refractivity (Wildman–Crippen MR) is 78.0 cm³/mol. The molecule has 0 unspecified atom stereocenters. The van der Waals surface area contributed by atoms with Crippen LogP contribution in [0.5, 0.6) is 5.75 Å². The third-order valence-corrected chi connectivity index (χ3v) is 3.02. The highest BCUT2D eigenvalue weighted by molar-refractivity contribution is 7.80. The molecule has 0 aliphatic carbocycles. The third kappa shape index (κ3) is 5.10. The van der Waals surface area contributed by atoms with Crippen molar-refractivity contribution in [1.29, 1.82) is 21.0 Å². The Morgan fingerprint density at radius 1 is 1.00 bits per heavy atom. The van der Waals surface area contributed by atoms with Gasteiger partial charge < -0.3 is 4.74 Å². The van der Waals surface area contributed by atoms with E-state index < -0.39 is 17.0 Å². The molecule has 1 aromatic rings. The van der Waals surface area contributed by atoms with Crippen molar-refractivity contribution in [2.75, 3.05) is 13.2 Å². The van der Waals surface area contributed by atoms with Crippen molar-refractivity contribution < 1.29 is 21.9 Å². The fourth-order valence-corrected chi connectivity index (χ4v) is 1.87. The molecule has 1 rings (SSSR count). The van der Waals surface area contributed by atoms with E-state index >= 15 is 0 Å². The van der Waals surface area contributed by atoms with Crippen LogP contribution in [-0.4, -0.2) is 26.2 Å². The third-order valence-electron chi connectivity index (χ3n) is 2.56. The second-order valence-electron chi connectivity index (χ2n) is 4.01. The number of hydrogen-bond donors (Lipinski definition) is 1. The van der Waals surface area contributed by atoms with Gasteiger partial charge in [-0.25, -0.2) is 4.18 Å². The van der Waals surface area contributed by atoms with Crippen LogP contribution >= 0.6 is 0 Å². The first-order valence-corrected chi connectivity index (χ1v) is 7.46. The lowest BCUT2D eigenvalue weighted by Gasteiger charge is -2.07.